The predicted molar refractivity (Wildman–Crippen MR) is 170 cm³/mol. The molecule has 8 rings (SSSR count). The van der Waals surface area contributed by atoms with Crippen molar-refractivity contribution in [1.82, 2.24) is 4.98 Å². The molecule has 1 saturated heterocycles. The standard InChI is InChI=1S/C38H34N2O4/c1-43-27-15-13-26(14-16-27)40-37(41)34-30-20-25(24-10-6-3-7-11-24)12-18-29(30)33-31-21-28(44-22-23-8-4-2-5-9-23)17-19-32(31)39-36(33)35(34)38(40)42/h2-11,13-17,19,21,25,29-30,34-35,39H,12,18,20,22H2,1H3. The number of imide groups is 1. The zero-order valence-corrected chi connectivity index (χ0v) is 24.6. The van der Waals surface area contributed by atoms with Crippen LogP contribution in [0.15, 0.2) is 103 Å². The summed E-state index contributed by atoms with van der Waals surface area (Å²) in [5, 5.41) is 1.10. The van der Waals surface area contributed by atoms with E-state index >= 15 is 0 Å². The number of benzene rings is 4. The van der Waals surface area contributed by atoms with Gasteiger partial charge in [-0.05, 0) is 96.2 Å². The number of methoxy groups -OCH3 is 1. The van der Waals surface area contributed by atoms with Crippen LogP contribution in [0.5, 0.6) is 11.5 Å². The van der Waals surface area contributed by atoms with Crippen molar-refractivity contribution in [2.24, 2.45) is 11.8 Å². The molecule has 0 radical (unpaired) electrons. The lowest BCUT2D eigenvalue weighted by molar-refractivity contribution is -0.123. The van der Waals surface area contributed by atoms with Crippen LogP contribution in [0.1, 0.15) is 59.4 Å². The third kappa shape index (κ3) is 4.31. The Bertz CT molecular complexity index is 1850. The molecular formula is C38H34N2O4. The third-order valence-corrected chi connectivity index (χ3v) is 10.1. The van der Waals surface area contributed by atoms with Crippen molar-refractivity contribution < 1.29 is 19.1 Å². The monoisotopic (exact) mass is 582 g/mol. The molecule has 2 fully saturated rings. The summed E-state index contributed by atoms with van der Waals surface area (Å²) in [6.45, 7) is 0.484. The van der Waals surface area contributed by atoms with E-state index in [0.29, 0.717) is 24.0 Å². The van der Waals surface area contributed by atoms with Crippen LogP contribution in [0.25, 0.3) is 10.9 Å². The zero-order valence-electron chi connectivity index (χ0n) is 24.6. The van der Waals surface area contributed by atoms with Crippen LogP contribution in [-0.4, -0.2) is 23.9 Å². The zero-order chi connectivity index (χ0) is 29.8. The molecular weight excluding hydrogens is 548 g/mol. The fraction of sp³-hybridized carbons (Fsp3) is 0.263. The number of nitrogens with one attached hydrogen (secondary N) is 1. The van der Waals surface area contributed by atoms with Crippen LogP contribution >= 0.6 is 0 Å². The number of carbonyl (C=O) groups excluding carboxylic acids is 2. The molecule has 1 saturated carbocycles. The second-order valence-electron chi connectivity index (χ2n) is 12.3. The first kappa shape index (κ1) is 26.8. The van der Waals surface area contributed by atoms with E-state index in [0.717, 1.165) is 47.2 Å². The van der Waals surface area contributed by atoms with Gasteiger partial charge >= 0.3 is 0 Å². The van der Waals surface area contributed by atoms with E-state index in [1.807, 2.05) is 30.3 Å². The Labute approximate surface area is 256 Å². The van der Waals surface area contributed by atoms with Crippen LogP contribution in [0.4, 0.5) is 5.69 Å². The Hall–Kier alpha value is -4.84. The highest BCUT2D eigenvalue weighted by Gasteiger charge is 2.59. The minimum atomic E-state index is -0.545. The van der Waals surface area contributed by atoms with E-state index in [4.69, 9.17) is 9.47 Å². The number of hydrogen-bond donors (Lipinski definition) is 1. The molecule has 2 heterocycles. The molecule has 1 N–H and O–H groups in total. The first-order valence-electron chi connectivity index (χ1n) is 15.5. The van der Waals surface area contributed by atoms with E-state index < -0.39 is 11.8 Å². The number of hydrogen-bond acceptors (Lipinski definition) is 4. The van der Waals surface area contributed by atoms with E-state index in [2.05, 4.69) is 53.5 Å². The molecule has 5 unspecified atom stereocenters. The minimum absolute atomic E-state index is 0.0547. The average molecular weight is 583 g/mol. The number of aromatic nitrogens is 1. The van der Waals surface area contributed by atoms with Crippen molar-refractivity contribution in [2.45, 2.75) is 43.6 Å². The first-order valence-corrected chi connectivity index (χ1v) is 15.5. The number of ether oxygens (including phenoxy) is 2. The highest BCUT2D eigenvalue weighted by molar-refractivity contribution is 6.24. The topological polar surface area (TPSA) is 71.6 Å². The molecule has 6 heteroatoms. The van der Waals surface area contributed by atoms with Crippen molar-refractivity contribution in [3.63, 3.8) is 0 Å². The first-order chi connectivity index (χ1) is 21.6. The minimum Gasteiger partial charge on any atom is -0.497 e. The molecule has 5 aromatic rings. The van der Waals surface area contributed by atoms with Crippen molar-refractivity contribution >= 4 is 28.4 Å². The van der Waals surface area contributed by atoms with Crippen LogP contribution in [0, 0.1) is 11.8 Å². The molecule has 2 aliphatic carbocycles. The Kier molecular flexibility index (Phi) is 6.51. The van der Waals surface area contributed by atoms with Gasteiger partial charge in [-0.3, -0.25) is 9.59 Å². The summed E-state index contributed by atoms with van der Waals surface area (Å²) in [6, 6.07) is 34.2. The van der Waals surface area contributed by atoms with Crippen LogP contribution in [-0.2, 0) is 16.2 Å². The lowest BCUT2D eigenvalue weighted by atomic mass is 9.58. The van der Waals surface area contributed by atoms with Gasteiger partial charge in [-0.15, -0.1) is 0 Å². The van der Waals surface area contributed by atoms with Gasteiger partial charge in [0, 0.05) is 16.6 Å². The molecule has 44 heavy (non-hydrogen) atoms. The molecule has 0 spiro atoms. The lowest BCUT2D eigenvalue weighted by Gasteiger charge is -2.44. The van der Waals surface area contributed by atoms with Gasteiger partial charge < -0.3 is 14.5 Å². The quantitative estimate of drug-likeness (QED) is 0.208. The normalized spacial score (nSPS) is 24.1. The van der Waals surface area contributed by atoms with Crippen LogP contribution in [0.3, 0.4) is 0 Å². The van der Waals surface area contributed by atoms with Gasteiger partial charge in [0.1, 0.15) is 18.1 Å². The number of fused-ring (bicyclic) bond motifs is 8. The van der Waals surface area contributed by atoms with E-state index in [-0.39, 0.29) is 23.7 Å². The van der Waals surface area contributed by atoms with Crippen molar-refractivity contribution in [1.29, 1.82) is 0 Å². The molecule has 1 aromatic heterocycles. The molecule has 4 aromatic carbocycles. The summed E-state index contributed by atoms with van der Waals surface area (Å²) in [6.07, 6.45) is 2.89. The number of H-pyrrole nitrogens is 1. The average Bonchev–Trinajstić information content (AvgIpc) is 3.58. The third-order valence-electron chi connectivity index (χ3n) is 10.1. The fourth-order valence-electron chi connectivity index (χ4n) is 8.09. The maximum Gasteiger partial charge on any atom is 0.243 e. The lowest BCUT2D eigenvalue weighted by Crippen LogP contribution is -2.39. The number of carbonyl (C=O) groups is 2. The number of rotatable bonds is 6. The summed E-state index contributed by atoms with van der Waals surface area (Å²) in [4.78, 5) is 33.7. The summed E-state index contributed by atoms with van der Waals surface area (Å²) in [5.74, 6) is 0.874. The summed E-state index contributed by atoms with van der Waals surface area (Å²) in [7, 11) is 1.61. The molecule has 1 aliphatic heterocycles. The van der Waals surface area contributed by atoms with Crippen molar-refractivity contribution in [3.8, 4) is 11.5 Å². The van der Waals surface area contributed by atoms with Gasteiger partial charge in [-0.1, -0.05) is 60.7 Å². The SMILES string of the molecule is COc1ccc(N2C(=O)C3c4[nH]c5ccc(OCc6ccccc6)cc5c4C4CCC(c5ccccc5)CC4C3C2=O)cc1. The summed E-state index contributed by atoms with van der Waals surface area (Å²) < 4.78 is 11.6. The van der Waals surface area contributed by atoms with Crippen LogP contribution in [0.2, 0.25) is 0 Å². The summed E-state index contributed by atoms with van der Waals surface area (Å²) >= 11 is 0. The Morgan fingerprint density at radius 1 is 0.818 bits per heavy atom. The second-order valence-corrected chi connectivity index (χ2v) is 12.3. The van der Waals surface area contributed by atoms with Gasteiger partial charge in [-0.2, -0.15) is 0 Å². The largest absolute Gasteiger partial charge is 0.497 e. The van der Waals surface area contributed by atoms with Crippen molar-refractivity contribution in [2.75, 3.05) is 12.0 Å². The maximum atomic E-state index is 14.3. The van der Waals surface area contributed by atoms with Crippen LogP contribution < -0.4 is 14.4 Å². The number of aromatic amines is 1. The Balaban J connectivity index is 1.22. The fourth-order valence-corrected chi connectivity index (χ4v) is 8.09. The van der Waals surface area contributed by atoms with Gasteiger partial charge in [-0.25, -0.2) is 4.90 Å². The Morgan fingerprint density at radius 2 is 1.55 bits per heavy atom. The number of amides is 2. The predicted octanol–water partition coefficient (Wildman–Crippen LogP) is 7.71. The van der Waals surface area contributed by atoms with E-state index in [9.17, 15) is 9.59 Å². The number of anilines is 1. The maximum absolute atomic E-state index is 14.3. The highest BCUT2D eigenvalue weighted by Crippen LogP contribution is 2.59. The molecule has 3 aliphatic rings. The molecule has 2 amide bonds. The van der Waals surface area contributed by atoms with Gasteiger partial charge in [0.2, 0.25) is 11.8 Å². The molecule has 5 atom stereocenters. The smallest absolute Gasteiger partial charge is 0.243 e. The number of nitrogens with zero attached hydrogens (tertiary/aromatic N) is 1. The van der Waals surface area contributed by atoms with E-state index in [1.165, 1.54) is 16.0 Å². The van der Waals surface area contributed by atoms with Gasteiger partial charge in [0.15, 0.2) is 0 Å². The molecule has 6 nitrogen and oxygen atoms in total. The van der Waals surface area contributed by atoms with Gasteiger partial charge in [0.25, 0.3) is 0 Å². The van der Waals surface area contributed by atoms with Gasteiger partial charge in [0.05, 0.1) is 24.6 Å². The second kappa shape index (κ2) is 10.7. The molecule has 0 bridgehead atoms. The Morgan fingerprint density at radius 3 is 2.30 bits per heavy atom. The summed E-state index contributed by atoms with van der Waals surface area (Å²) in [5.41, 5.74) is 6.10. The highest BCUT2D eigenvalue weighted by atomic mass is 16.5. The molecule has 220 valence electrons. The van der Waals surface area contributed by atoms with E-state index in [1.54, 1.807) is 31.4 Å². The van der Waals surface area contributed by atoms with Crippen molar-refractivity contribution in [3.05, 3.63) is 126 Å².